The van der Waals surface area contributed by atoms with E-state index in [-0.39, 0.29) is 11.7 Å². The minimum atomic E-state index is -0.744. The number of nitrogens with one attached hydrogen (secondary N) is 1. The molecule has 0 saturated carbocycles. The maximum atomic E-state index is 12.0. The molecule has 2 atom stereocenters. The highest BCUT2D eigenvalue weighted by molar-refractivity contribution is 8.00. The number of methoxy groups -OCH3 is 1. The molecule has 1 N–H and O–H groups in total. The third-order valence-corrected chi connectivity index (χ3v) is 5.74. The normalized spacial score (nSPS) is 14.8. The molecular weight excluding hydrogens is 366 g/mol. The molecule has 6 nitrogen and oxygen atoms in total. The van der Waals surface area contributed by atoms with Crippen molar-refractivity contribution in [2.24, 2.45) is 5.92 Å². The maximum absolute atomic E-state index is 12.0. The summed E-state index contributed by atoms with van der Waals surface area (Å²) in [5.74, 6) is -1.42. The number of aryl methyl sites for hydroxylation is 2. The summed E-state index contributed by atoms with van der Waals surface area (Å²) in [5.41, 5.74) is 2.74. The third kappa shape index (κ3) is 6.27. The number of carbonyl (C=O) groups excluding carboxylic acids is 3. The van der Waals surface area contributed by atoms with Crippen molar-refractivity contribution in [3.05, 3.63) is 29.3 Å². The first-order valence-electron chi connectivity index (χ1n) is 9.22. The van der Waals surface area contributed by atoms with E-state index >= 15 is 0 Å². The van der Waals surface area contributed by atoms with E-state index < -0.39 is 30.5 Å². The smallest absolute Gasteiger partial charge is 0.328 e. The van der Waals surface area contributed by atoms with Crippen molar-refractivity contribution in [3.63, 3.8) is 0 Å². The molecule has 0 heterocycles. The number of rotatable bonds is 9. The lowest BCUT2D eigenvalue weighted by atomic mass is 9.99. The van der Waals surface area contributed by atoms with Gasteiger partial charge in [0.05, 0.1) is 12.9 Å². The van der Waals surface area contributed by atoms with Crippen LogP contribution in [0, 0.1) is 5.92 Å². The number of esters is 2. The Bertz CT molecular complexity index is 691. The molecule has 1 aromatic rings. The van der Waals surface area contributed by atoms with Gasteiger partial charge in [-0.2, -0.15) is 0 Å². The second-order valence-corrected chi connectivity index (χ2v) is 7.74. The molecule has 0 aliphatic heterocycles. The van der Waals surface area contributed by atoms with E-state index in [2.05, 4.69) is 17.4 Å². The zero-order valence-corrected chi connectivity index (χ0v) is 16.9. The van der Waals surface area contributed by atoms with Crippen LogP contribution in [-0.4, -0.2) is 43.4 Å². The number of benzene rings is 1. The van der Waals surface area contributed by atoms with Crippen LogP contribution >= 0.6 is 11.8 Å². The summed E-state index contributed by atoms with van der Waals surface area (Å²) in [7, 11) is 1.28. The van der Waals surface area contributed by atoms with E-state index in [1.165, 1.54) is 36.4 Å². The SMILES string of the molecule is CC[C@@H](C)[C@@H](NC(=O)COC(=O)CSc1ccc2c(c1)CCC2)C(=O)OC. The van der Waals surface area contributed by atoms with Gasteiger partial charge >= 0.3 is 11.9 Å². The highest BCUT2D eigenvalue weighted by Gasteiger charge is 2.26. The van der Waals surface area contributed by atoms with Gasteiger partial charge in [-0.25, -0.2) is 4.79 Å². The third-order valence-electron chi connectivity index (χ3n) is 4.78. The summed E-state index contributed by atoms with van der Waals surface area (Å²) in [5, 5.41) is 2.58. The number of ether oxygens (including phenoxy) is 2. The summed E-state index contributed by atoms with van der Waals surface area (Å²) in [6.45, 7) is 3.36. The van der Waals surface area contributed by atoms with Gasteiger partial charge in [-0.15, -0.1) is 11.8 Å². The number of hydrogen-bond acceptors (Lipinski definition) is 6. The zero-order chi connectivity index (χ0) is 19.8. The average Bonchev–Trinajstić information content (AvgIpc) is 3.15. The van der Waals surface area contributed by atoms with Crippen LogP contribution in [0.2, 0.25) is 0 Å². The van der Waals surface area contributed by atoms with Gasteiger partial charge in [-0.3, -0.25) is 9.59 Å². The van der Waals surface area contributed by atoms with Gasteiger partial charge in [0.2, 0.25) is 0 Å². The van der Waals surface area contributed by atoms with E-state index in [9.17, 15) is 14.4 Å². The van der Waals surface area contributed by atoms with Gasteiger partial charge in [-0.1, -0.05) is 26.3 Å². The number of amides is 1. The van der Waals surface area contributed by atoms with Crippen molar-refractivity contribution in [1.82, 2.24) is 5.32 Å². The number of hydrogen-bond donors (Lipinski definition) is 1. The first kappa shape index (κ1) is 21.3. The van der Waals surface area contributed by atoms with Crippen LogP contribution in [-0.2, 0) is 36.7 Å². The summed E-state index contributed by atoms with van der Waals surface area (Å²) >= 11 is 1.40. The van der Waals surface area contributed by atoms with E-state index in [0.717, 1.165) is 17.7 Å². The molecule has 2 rings (SSSR count). The van der Waals surface area contributed by atoms with Crippen molar-refractivity contribution in [2.45, 2.75) is 50.5 Å². The van der Waals surface area contributed by atoms with Gasteiger partial charge in [0, 0.05) is 4.90 Å². The highest BCUT2D eigenvalue weighted by Crippen LogP contribution is 2.27. The van der Waals surface area contributed by atoms with Crippen LogP contribution in [0.1, 0.15) is 37.8 Å². The lowest BCUT2D eigenvalue weighted by Crippen LogP contribution is -2.47. The van der Waals surface area contributed by atoms with E-state index in [4.69, 9.17) is 9.47 Å². The van der Waals surface area contributed by atoms with Crippen LogP contribution in [0.5, 0.6) is 0 Å². The highest BCUT2D eigenvalue weighted by atomic mass is 32.2. The van der Waals surface area contributed by atoms with Crippen LogP contribution < -0.4 is 5.32 Å². The molecule has 0 bridgehead atoms. The van der Waals surface area contributed by atoms with Crippen molar-refractivity contribution in [1.29, 1.82) is 0 Å². The molecule has 0 saturated heterocycles. The van der Waals surface area contributed by atoms with Crippen molar-refractivity contribution in [2.75, 3.05) is 19.5 Å². The summed E-state index contributed by atoms with van der Waals surface area (Å²) in [6.07, 6.45) is 4.10. The zero-order valence-electron chi connectivity index (χ0n) is 16.1. The lowest BCUT2D eigenvalue weighted by molar-refractivity contribution is -0.149. The van der Waals surface area contributed by atoms with Gasteiger partial charge in [0.1, 0.15) is 6.04 Å². The van der Waals surface area contributed by atoms with Crippen molar-refractivity contribution < 1.29 is 23.9 Å². The molecule has 27 heavy (non-hydrogen) atoms. The molecule has 7 heteroatoms. The predicted octanol–water partition coefficient (Wildman–Crippen LogP) is 2.51. The Balaban J connectivity index is 1.75. The quantitative estimate of drug-likeness (QED) is 0.513. The molecule has 1 amide bonds. The monoisotopic (exact) mass is 393 g/mol. The van der Waals surface area contributed by atoms with Gasteiger partial charge in [0.25, 0.3) is 5.91 Å². The van der Waals surface area contributed by atoms with E-state index in [1.807, 2.05) is 19.9 Å². The maximum Gasteiger partial charge on any atom is 0.328 e. The first-order chi connectivity index (χ1) is 12.9. The molecule has 148 valence electrons. The largest absolute Gasteiger partial charge is 0.467 e. The fraction of sp³-hybridized carbons (Fsp3) is 0.550. The van der Waals surface area contributed by atoms with Gasteiger partial charge in [-0.05, 0) is 48.4 Å². The Morgan fingerprint density at radius 1 is 1.22 bits per heavy atom. The molecule has 0 fully saturated rings. The topological polar surface area (TPSA) is 81.7 Å². The Morgan fingerprint density at radius 2 is 1.96 bits per heavy atom. The summed E-state index contributed by atoms with van der Waals surface area (Å²) in [4.78, 5) is 36.7. The Labute approximate surface area is 164 Å². The minimum Gasteiger partial charge on any atom is -0.467 e. The van der Waals surface area contributed by atoms with Gasteiger partial charge < -0.3 is 14.8 Å². The second-order valence-electron chi connectivity index (χ2n) is 6.69. The molecule has 0 spiro atoms. The first-order valence-corrected chi connectivity index (χ1v) is 10.2. The van der Waals surface area contributed by atoms with Crippen LogP contribution in [0.15, 0.2) is 23.1 Å². The summed E-state index contributed by atoms with van der Waals surface area (Å²) in [6, 6.07) is 5.51. The molecule has 0 unspecified atom stereocenters. The fourth-order valence-electron chi connectivity index (χ4n) is 2.98. The van der Waals surface area contributed by atoms with Crippen LogP contribution in [0.3, 0.4) is 0 Å². The Morgan fingerprint density at radius 3 is 2.67 bits per heavy atom. The summed E-state index contributed by atoms with van der Waals surface area (Å²) < 4.78 is 9.74. The number of fused-ring (bicyclic) bond motifs is 1. The molecule has 1 aliphatic rings. The number of carbonyl (C=O) groups is 3. The molecule has 1 aliphatic carbocycles. The van der Waals surface area contributed by atoms with E-state index in [1.54, 1.807) is 0 Å². The predicted molar refractivity (Wildman–Crippen MR) is 104 cm³/mol. The van der Waals surface area contributed by atoms with Crippen molar-refractivity contribution in [3.8, 4) is 0 Å². The van der Waals surface area contributed by atoms with Crippen LogP contribution in [0.4, 0.5) is 0 Å². The minimum absolute atomic E-state index is 0.0764. The van der Waals surface area contributed by atoms with Gasteiger partial charge in [0.15, 0.2) is 6.61 Å². The average molecular weight is 394 g/mol. The second kappa shape index (κ2) is 10.3. The van der Waals surface area contributed by atoms with Crippen LogP contribution in [0.25, 0.3) is 0 Å². The van der Waals surface area contributed by atoms with Crippen molar-refractivity contribution >= 4 is 29.6 Å². The lowest BCUT2D eigenvalue weighted by Gasteiger charge is -2.21. The standard InChI is InChI=1S/C20H27NO5S/c1-4-13(2)19(20(24)25-3)21-17(22)11-26-18(23)12-27-16-9-8-14-6-5-7-15(14)10-16/h8-10,13,19H,4-7,11-12H2,1-3H3,(H,21,22)/t13-,19-/m1/s1. The Kier molecular flexibility index (Phi) is 8.16. The van der Waals surface area contributed by atoms with E-state index in [0.29, 0.717) is 6.42 Å². The molecular formula is C20H27NO5S. The number of thioether (sulfide) groups is 1. The molecule has 0 aromatic heterocycles. The Hall–Kier alpha value is -2.02. The molecule has 1 aromatic carbocycles. The fourth-order valence-corrected chi connectivity index (χ4v) is 3.74. The molecule has 0 radical (unpaired) electrons.